The van der Waals surface area contributed by atoms with E-state index in [0.29, 0.717) is 5.56 Å². The van der Waals surface area contributed by atoms with Gasteiger partial charge in [-0.3, -0.25) is 9.59 Å². The fourth-order valence-corrected chi connectivity index (χ4v) is 2.40. The van der Waals surface area contributed by atoms with E-state index in [1.807, 2.05) is 50.2 Å². The lowest BCUT2D eigenvalue weighted by Crippen LogP contribution is -2.32. The molecule has 132 valence electrons. The van der Waals surface area contributed by atoms with Gasteiger partial charge in [-0.05, 0) is 60.2 Å². The number of hydrogen-bond donors (Lipinski definition) is 2. The maximum atomic E-state index is 12.1. The van der Waals surface area contributed by atoms with Crippen LogP contribution in [0.3, 0.4) is 0 Å². The third-order valence-electron chi connectivity index (χ3n) is 4.21. The van der Waals surface area contributed by atoms with E-state index in [1.54, 1.807) is 6.07 Å². The summed E-state index contributed by atoms with van der Waals surface area (Å²) in [5, 5.41) is 5.44. The normalized spacial score (nSPS) is 11.1. The van der Waals surface area contributed by atoms with Gasteiger partial charge >= 0.3 is 0 Å². The number of aryl methyl sites for hydroxylation is 2. The van der Waals surface area contributed by atoms with E-state index in [0.717, 1.165) is 16.8 Å². The number of hydrogen-bond acceptors (Lipinski definition) is 2. The molecule has 0 heterocycles. The number of rotatable bonds is 4. The second kappa shape index (κ2) is 7.51. The zero-order chi connectivity index (χ0) is 18.6. The zero-order valence-corrected chi connectivity index (χ0v) is 15.6. The summed E-state index contributed by atoms with van der Waals surface area (Å²) >= 11 is 0. The van der Waals surface area contributed by atoms with Crippen molar-refractivity contribution in [2.75, 3.05) is 11.9 Å². The van der Waals surface area contributed by atoms with E-state index in [-0.39, 0.29) is 23.8 Å². The Morgan fingerprint density at radius 2 is 1.56 bits per heavy atom. The molecule has 0 saturated heterocycles. The lowest BCUT2D eigenvalue weighted by molar-refractivity contribution is -0.115. The van der Waals surface area contributed by atoms with E-state index in [2.05, 4.69) is 31.4 Å². The molecule has 0 aliphatic heterocycles. The van der Waals surface area contributed by atoms with E-state index < -0.39 is 0 Å². The molecule has 0 aliphatic carbocycles. The highest BCUT2D eigenvalue weighted by Crippen LogP contribution is 2.23. The summed E-state index contributed by atoms with van der Waals surface area (Å²) in [6.07, 6.45) is 0. The number of nitrogens with one attached hydrogen (secondary N) is 2. The van der Waals surface area contributed by atoms with E-state index in [1.165, 1.54) is 5.56 Å². The van der Waals surface area contributed by atoms with Crippen molar-refractivity contribution in [3.05, 3.63) is 64.7 Å². The predicted molar refractivity (Wildman–Crippen MR) is 102 cm³/mol. The first kappa shape index (κ1) is 18.7. The molecule has 0 unspecified atom stereocenters. The minimum absolute atomic E-state index is 0.0627. The van der Waals surface area contributed by atoms with Gasteiger partial charge < -0.3 is 10.6 Å². The first-order valence-electron chi connectivity index (χ1n) is 8.42. The smallest absolute Gasteiger partial charge is 0.251 e. The van der Waals surface area contributed by atoms with Crippen LogP contribution in [0.25, 0.3) is 0 Å². The number of benzene rings is 2. The van der Waals surface area contributed by atoms with Gasteiger partial charge in [0.2, 0.25) is 5.91 Å². The third kappa shape index (κ3) is 5.18. The van der Waals surface area contributed by atoms with Crippen molar-refractivity contribution in [2.24, 2.45) is 0 Å². The van der Waals surface area contributed by atoms with E-state index in [9.17, 15) is 9.59 Å². The van der Waals surface area contributed by atoms with Gasteiger partial charge in [0.1, 0.15) is 0 Å². The summed E-state index contributed by atoms with van der Waals surface area (Å²) in [5.41, 5.74) is 4.74. The Hall–Kier alpha value is -2.62. The zero-order valence-electron chi connectivity index (χ0n) is 15.6. The molecular weight excluding hydrogens is 312 g/mol. The molecule has 0 atom stereocenters. The fraction of sp³-hybridized carbons (Fsp3) is 0.333. The van der Waals surface area contributed by atoms with Gasteiger partial charge in [-0.2, -0.15) is 0 Å². The molecule has 0 fully saturated rings. The lowest BCUT2D eigenvalue weighted by Gasteiger charge is -2.19. The Kier molecular flexibility index (Phi) is 5.62. The molecule has 0 bridgehead atoms. The van der Waals surface area contributed by atoms with Crippen molar-refractivity contribution in [1.82, 2.24) is 5.32 Å². The molecule has 25 heavy (non-hydrogen) atoms. The molecule has 4 heteroatoms. The van der Waals surface area contributed by atoms with Crippen LogP contribution in [0.1, 0.15) is 47.8 Å². The maximum absolute atomic E-state index is 12.1. The summed E-state index contributed by atoms with van der Waals surface area (Å²) in [6.45, 7) is 10.3. The summed E-state index contributed by atoms with van der Waals surface area (Å²) in [5.74, 6) is -0.498. The molecule has 2 N–H and O–H groups in total. The molecule has 2 aromatic carbocycles. The Bertz CT molecular complexity index is 771. The highest BCUT2D eigenvalue weighted by Gasteiger charge is 2.13. The topological polar surface area (TPSA) is 58.2 Å². The monoisotopic (exact) mass is 338 g/mol. The van der Waals surface area contributed by atoms with Gasteiger partial charge in [-0.25, -0.2) is 0 Å². The Labute approximate surface area is 149 Å². The van der Waals surface area contributed by atoms with Gasteiger partial charge in [0.15, 0.2) is 0 Å². The number of amides is 2. The van der Waals surface area contributed by atoms with Gasteiger partial charge in [-0.1, -0.05) is 39.0 Å². The van der Waals surface area contributed by atoms with Crippen LogP contribution in [-0.2, 0) is 10.2 Å². The molecule has 0 saturated carbocycles. The number of carbonyl (C=O) groups is 2. The van der Waals surface area contributed by atoms with Gasteiger partial charge in [0.05, 0.1) is 6.54 Å². The van der Waals surface area contributed by atoms with Crippen molar-refractivity contribution in [1.29, 1.82) is 0 Å². The standard InChI is InChI=1S/C21H26N2O2/c1-14-6-7-16(12-15(14)2)20(25)22-13-19(24)23-18-10-8-17(9-11-18)21(3,4)5/h6-12H,13H2,1-5H3,(H,22,25)(H,23,24). The molecule has 2 amide bonds. The van der Waals surface area contributed by atoms with Gasteiger partial charge in [-0.15, -0.1) is 0 Å². The molecular formula is C21H26N2O2. The van der Waals surface area contributed by atoms with E-state index in [4.69, 9.17) is 0 Å². The second-order valence-electron chi connectivity index (χ2n) is 7.36. The Morgan fingerprint density at radius 1 is 0.920 bits per heavy atom. The van der Waals surface area contributed by atoms with Crippen LogP contribution in [0.4, 0.5) is 5.69 Å². The van der Waals surface area contributed by atoms with Crippen LogP contribution >= 0.6 is 0 Å². The quantitative estimate of drug-likeness (QED) is 0.886. The molecule has 0 aliphatic rings. The summed E-state index contributed by atoms with van der Waals surface area (Å²) in [4.78, 5) is 24.2. The second-order valence-corrected chi connectivity index (χ2v) is 7.36. The van der Waals surface area contributed by atoms with Crippen LogP contribution in [0.15, 0.2) is 42.5 Å². The van der Waals surface area contributed by atoms with Crippen LogP contribution in [0.5, 0.6) is 0 Å². The maximum Gasteiger partial charge on any atom is 0.251 e. The average Bonchev–Trinajstić information content (AvgIpc) is 2.55. The predicted octanol–water partition coefficient (Wildman–Crippen LogP) is 3.97. The number of carbonyl (C=O) groups excluding carboxylic acids is 2. The largest absolute Gasteiger partial charge is 0.343 e. The van der Waals surface area contributed by atoms with Crippen LogP contribution in [-0.4, -0.2) is 18.4 Å². The minimum Gasteiger partial charge on any atom is -0.343 e. The Balaban J connectivity index is 1.90. The van der Waals surface area contributed by atoms with E-state index >= 15 is 0 Å². The first-order chi connectivity index (χ1) is 11.7. The summed E-state index contributed by atoms with van der Waals surface area (Å²) < 4.78 is 0. The van der Waals surface area contributed by atoms with Crippen LogP contribution < -0.4 is 10.6 Å². The van der Waals surface area contributed by atoms with Crippen LogP contribution in [0.2, 0.25) is 0 Å². The van der Waals surface area contributed by atoms with Crippen molar-refractivity contribution in [3.8, 4) is 0 Å². The first-order valence-corrected chi connectivity index (χ1v) is 8.42. The Morgan fingerprint density at radius 3 is 2.12 bits per heavy atom. The minimum atomic E-state index is -0.249. The number of anilines is 1. The molecule has 0 spiro atoms. The molecule has 0 aromatic heterocycles. The van der Waals surface area contributed by atoms with Gasteiger partial charge in [0, 0.05) is 11.3 Å². The van der Waals surface area contributed by atoms with Crippen molar-refractivity contribution in [2.45, 2.75) is 40.0 Å². The average molecular weight is 338 g/mol. The highest BCUT2D eigenvalue weighted by atomic mass is 16.2. The van der Waals surface area contributed by atoms with Crippen molar-refractivity contribution in [3.63, 3.8) is 0 Å². The molecule has 0 radical (unpaired) electrons. The molecule has 2 rings (SSSR count). The SMILES string of the molecule is Cc1ccc(C(=O)NCC(=O)Nc2ccc(C(C)(C)C)cc2)cc1C. The molecule has 2 aromatic rings. The van der Waals surface area contributed by atoms with Gasteiger partial charge in [0.25, 0.3) is 5.91 Å². The van der Waals surface area contributed by atoms with Crippen molar-refractivity contribution >= 4 is 17.5 Å². The lowest BCUT2D eigenvalue weighted by atomic mass is 9.87. The summed E-state index contributed by atoms with van der Waals surface area (Å²) in [7, 11) is 0. The fourth-order valence-electron chi connectivity index (χ4n) is 2.40. The highest BCUT2D eigenvalue weighted by molar-refractivity contribution is 5.99. The van der Waals surface area contributed by atoms with Crippen molar-refractivity contribution < 1.29 is 9.59 Å². The summed E-state index contributed by atoms with van der Waals surface area (Å²) in [6, 6.07) is 13.3. The van der Waals surface area contributed by atoms with Crippen LogP contribution in [0, 0.1) is 13.8 Å². The molecule has 4 nitrogen and oxygen atoms in total. The third-order valence-corrected chi connectivity index (χ3v) is 4.21.